The summed E-state index contributed by atoms with van der Waals surface area (Å²) in [5, 5.41) is 29.2. The number of aromatic nitrogens is 5. The van der Waals surface area contributed by atoms with Crippen LogP contribution in [0, 0.1) is 5.92 Å². The Hall–Kier alpha value is -3.00. The normalized spacial score (nSPS) is 17.4. The van der Waals surface area contributed by atoms with Crippen molar-refractivity contribution in [3.05, 3.63) is 36.8 Å². The molecule has 0 spiro atoms. The Kier molecular flexibility index (Phi) is 4.72. The Labute approximate surface area is 157 Å². The number of nitrogens with one attached hydrogen (secondary N) is 2. The van der Waals surface area contributed by atoms with Gasteiger partial charge in [0.15, 0.2) is 5.82 Å². The number of rotatable bonds is 4. The molecule has 1 saturated heterocycles. The summed E-state index contributed by atoms with van der Waals surface area (Å²) in [5.41, 5.74) is 2.62. The summed E-state index contributed by atoms with van der Waals surface area (Å²) in [5.74, 6) is 1.48. The molecule has 27 heavy (non-hydrogen) atoms. The zero-order valence-electron chi connectivity index (χ0n) is 15.4. The molecule has 0 aliphatic carbocycles. The van der Waals surface area contributed by atoms with Gasteiger partial charge in [0.25, 0.3) is 0 Å². The van der Waals surface area contributed by atoms with Crippen LogP contribution in [0.15, 0.2) is 36.8 Å². The average Bonchev–Trinajstić information content (AvgIpc) is 3.23. The van der Waals surface area contributed by atoms with E-state index in [-0.39, 0.29) is 5.75 Å². The Morgan fingerprint density at radius 3 is 2.74 bits per heavy atom. The highest BCUT2D eigenvalue weighted by Gasteiger charge is 2.23. The Morgan fingerprint density at radius 1 is 1.19 bits per heavy atom. The second kappa shape index (κ2) is 7.32. The highest BCUT2D eigenvalue weighted by Crippen LogP contribution is 2.30. The first-order valence-corrected chi connectivity index (χ1v) is 9.12. The molecule has 0 amide bonds. The van der Waals surface area contributed by atoms with Gasteiger partial charge in [0.1, 0.15) is 17.1 Å². The lowest BCUT2D eigenvalue weighted by molar-refractivity contribution is 0.367. The minimum Gasteiger partial charge on any atom is -0.506 e. The summed E-state index contributed by atoms with van der Waals surface area (Å²) in [4.78, 5) is 6.61. The number of nitrogens with zero attached hydrogens (tertiary/aromatic N) is 5. The molecule has 3 N–H and O–H groups in total. The first-order valence-electron chi connectivity index (χ1n) is 9.12. The number of aromatic hydroxyl groups is 1. The predicted molar refractivity (Wildman–Crippen MR) is 103 cm³/mol. The Balaban J connectivity index is 1.54. The van der Waals surface area contributed by atoms with Crippen molar-refractivity contribution in [1.29, 1.82) is 0 Å². The predicted octanol–water partition coefficient (Wildman–Crippen LogP) is 2.07. The van der Waals surface area contributed by atoms with E-state index in [9.17, 15) is 5.11 Å². The standard InChI is InChI=1S/C19H23N7O/c1-12(2)16-11-26(6-5-20-16)18-4-3-15(24-25-18)19-17(27)7-13(8-21-19)14-9-22-23-10-14/h3-4,7-10,12,16,20,27H,5-6,11H2,1-2H3,(H,22,23)/t16-/m0/s1. The molecule has 0 unspecified atom stereocenters. The fourth-order valence-corrected chi connectivity index (χ4v) is 3.27. The molecule has 3 aromatic heterocycles. The second-order valence-corrected chi connectivity index (χ2v) is 7.11. The van der Waals surface area contributed by atoms with Gasteiger partial charge < -0.3 is 15.3 Å². The summed E-state index contributed by atoms with van der Waals surface area (Å²) < 4.78 is 0. The van der Waals surface area contributed by atoms with Crippen molar-refractivity contribution in [3.8, 4) is 28.3 Å². The smallest absolute Gasteiger partial charge is 0.151 e. The molecule has 4 rings (SSSR count). The first kappa shape index (κ1) is 17.4. The van der Waals surface area contributed by atoms with E-state index in [1.54, 1.807) is 24.7 Å². The zero-order valence-corrected chi connectivity index (χ0v) is 15.4. The highest BCUT2D eigenvalue weighted by atomic mass is 16.3. The second-order valence-electron chi connectivity index (χ2n) is 7.11. The fourth-order valence-electron chi connectivity index (χ4n) is 3.27. The van der Waals surface area contributed by atoms with Crippen molar-refractivity contribution in [2.75, 3.05) is 24.5 Å². The highest BCUT2D eigenvalue weighted by molar-refractivity contribution is 5.69. The van der Waals surface area contributed by atoms with Crippen molar-refractivity contribution in [1.82, 2.24) is 30.7 Å². The van der Waals surface area contributed by atoms with Gasteiger partial charge in [-0.25, -0.2) is 4.98 Å². The van der Waals surface area contributed by atoms with Gasteiger partial charge in [0.2, 0.25) is 0 Å². The molecule has 8 heteroatoms. The van der Waals surface area contributed by atoms with Gasteiger partial charge in [-0.1, -0.05) is 13.8 Å². The van der Waals surface area contributed by atoms with Crippen LogP contribution in [0.1, 0.15) is 13.8 Å². The summed E-state index contributed by atoms with van der Waals surface area (Å²) in [7, 11) is 0. The van der Waals surface area contributed by atoms with Crippen LogP contribution in [0.3, 0.4) is 0 Å². The third-order valence-corrected chi connectivity index (χ3v) is 4.93. The molecule has 8 nitrogen and oxygen atoms in total. The first-order chi connectivity index (χ1) is 13.1. The monoisotopic (exact) mass is 365 g/mol. The summed E-state index contributed by atoms with van der Waals surface area (Å²) in [6, 6.07) is 5.90. The van der Waals surface area contributed by atoms with Gasteiger partial charge in [-0.2, -0.15) is 5.10 Å². The maximum Gasteiger partial charge on any atom is 0.151 e. The van der Waals surface area contributed by atoms with Gasteiger partial charge in [-0.3, -0.25) is 5.10 Å². The molecule has 140 valence electrons. The molecule has 1 fully saturated rings. The number of aromatic amines is 1. The number of hydrogen-bond donors (Lipinski definition) is 3. The van der Waals surface area contributed by atoms with E-state index in [1.165, 1.54) is 0 Å². The molecule has 3 aromatic rings. The molecular formula is C19H23N7O. The van der Waals surface area contributed by atoms with E-state index in [0.717, 1.165) is 36.6 Å². The maximum atomic E-state index is 10.4. The van der Waals surface area contributed by atoms with E-state index in [0.29, 0.717) is 23.3 Å². The molecule has 4 heterocycles. The summed E-state index contributed by atoms with van der Waals surface area (Å²) in [6.07, 6.45) is 5.13. The lowest BCUT2D eigenvalue weighted by Gasteiger charge is -2.36. The summed E-state index contributed by atoms with van der Waals surface area (Å²) >= 11 is 0. The lowest BCUT2D eigenvalue weighted by atomic mass is 10.0. The zero-order chi connectivity index (χ0) is 18.8. The van der Waals surface area contributed by atoms with Crippen molar-refractivity contribution >= 4 is 5.82 Å². The Bertz CT molecular complexity index is 893. The van der Waals surface area contributed by atoms with Crippen molar-refractivity contribution < 1.29 is 5.11 Å². The van der Waals surface area contributed by atoms with E-state index < -0.39 is 0 Å². The van der Waals surface area contributed by atoms with Crippen LogP contribution in [0.2, 0.25) is 0 Å². The third-order valence-electron chi connectivity index (χ3n) is 4.93. The lowest BCUT2D eigenvalue weighted by Crippen LogP contribution is -2.53. The van der Waals surface area contributed by atoms with Crippen molar-refractivity contribution in [2.24, 2.45) is 5.92 Å². The molecule has 1 atom stereocenters. The third kappa shape index (κ3) is 3.61. The van der Waals surface area contributed by atoms with E-state index in [1.807, 2.05) is 12.1 Å². The molecule has 0 bridgehead atoms. The fraction of sp³-hybridized carbons (Fsp3) is 0.368. The number of H-pyrrole nitrogens is 1. The van der Waals surface area contributed by atoms with Crippen LogP contribution in [0.4, 0.5) is 5.82 Å². The van der Waals surface area contributed by atoms with Crippen molar-refractivity contribution in [2.45, 2.75) is 19.9 Å². The molecular weight excluding hydrogens is 342 g/mol. The number of pyridine rings is 1. The van der Waals surface area contributed by atoms with Gasteiger partial charge in [-0.05, 0) is 24.1 Å². The minimum absolute atomic E-state index is 0.0674. The molecule has 1 aliphatic rings. The topological polar surface area (TPSA) is 103 Å². The van der Waals surface area contributed by atoms with Crippen LogP contribution >= 0.6 is 0 Å². The van der Waals surface area contributed by atoms with Gasteiger partial charge in [-0.15, -0.1) is 10.2 Å². The van der Waals surface area contributed by atoms with Crippen LogP contribution in [-0.4, -0.2) is 56.2 Å². The largest absolute Gasteiger partial charge is 0.506 e. The van der Waals surface area contributed by atoms with Gasteiger partial charge in [0.05, 0.1) is 6.20 Å². The molecule has 0 saturated carbocycles. The quantitative estimate of drug-likeness (QED) is 0.650. The van der Waals surface area contributed by atoms with E-state index in [2.05, 4.69) is 49.4 Å². The van der Waals surface area contributed by atoms with Crippen LogP contribution < -0.4 is 10.2 Å². The van der Waals surface area contributed by atoms with Gasteiger partial charge >= 0.3 is 0 Å². The maximum absolute atomic E-state index is 10.4. The molecule has 0 radical (unpaired) electrons. The van der Waals surface area contributed by atoms with E-state index in [4.69, 9.17) is 0 Å². The van der Waals surface area contributed by atoms with Crippen LogP contribution in [0.25, 0.3) is 22.5 Å². The molecule has 1 aliphatic heterocycles. The number of anilines is 1. The van der Waals surface area contributed by atoms with Gasteiger partial charge in [0, 0.05) is 49.2 Å². The minimum atomic E-state index is 0.0674. The van der Waals surface area contributed by atoms with Crippen LogP contribution in [0.5, 0.6) is 5.75 Å². The van der Waals surface area contributed by atoms with Crippen LogP contribution in [-0.2, 0) is 0 Å². The van der Waals surface area contributed by atoms with Crippen molar-refractivity contribution in [3.63, 3.8) is 0 Å². The van der Waals surface area contributed by atoms with E-state index >= 15 is 0 Å². The number of piperazine rings is 1. The Morgan fingerprint density at radius 2 is 2.07 bits per heavy atom. The SMILES string of the molecule is CC(C)[C@@H]1CN(c2ccc(-c3ncc(-c4cn[nH]c4)cc3O)nn2)CCN1. The average molecular weight is 365 g/mol. The molecule has 0 aromatic carbocycles. The number of hydrogen-bond acceptors (Lipinski definition) is 7. The summed E-state index contributed by atoms with van der Waals surface area (Å²) in [6.45, 7) is 7.19.